The number of hydrogen-bond donors (Lipinski definition) is 0. The largest absolute Gasteiger partial charge is 0.466 e. The average molecular weight is 307 g/mol. The number of carbonyl (C=O) groups excluding carboxylic acids is 1. The molecule has 3 rings (SSSR count). The summed E-state index contributed by atoms with van der Waals surface area (Å²) in [5.74, 6) is -0.324. The van der Waals surface area contributed by atoms with Gasteiger partial charge in [0.15, 0.2) is 0 Å². The molecule has 0 aromatic heterocycles. The minimum Gasteiger partial charge on any atom is -0.466 e. The second kappa shape index (κ2) is 6.69. The maximum Gasteiger partial charge on any atom is 0.330 e. The lowest BCUT2D eigenvalue weighted by atomic mass is 10.0. The summed E-state index contributed by atoms with van der Waals surface area (Å²) in [7, 11) is 1.39. The number of fused-ring (bicyclic) bond motifs is 1. The van der Waals surface area contributed by atoms with Crippen molar-refractivity contribution in [1.29, 1.82) is 0 Å². The van der Waals surface area contributed by atoms with Crippen LogP contribution < -0.4 is 4.90 Å². The first kappa shape index (κ1) is 15.3. The molecule has 0 radical (unpaired) electrons. The van der Waals surface area contributed by atoms with E-state index in [1.54, 1.807) is 0 Å². The average Bonchev–Trinajstić information content (AvgIpc) is 2.90. The molecule has 0 saturated carbocycles. The first-order chi connectivity index (χ1) is 11.2. The fourth-order valence-electron chi connectivity index (χ4n) is 3.13. The van der Waals surface area contributed by atoms with Crippen LogP contribution in [0.1, 0.15) is 23.6 Å². The van der Waals surface area contributed by atoms with Crippen molar-refractivity contribution < 1.29 is 9.53 Å². The number of carbonyl (C=O) groups is 1. The van der Waals surface area contributed by atoms with Gasteiger partial charge in [0.25, 0.3) is 0 Å². The van der Waals surface area contributed by atoms with Crippen LogP contribution in [0.25, 0.3) is 6.08 Å². The van der Waals surface area contributed by atoms with Crippen molar-refractivity contribution in [3.63, 3.8) is 0 Å². The number of ether oxygens (including phenoxy) is 1. The van der Waals surface area contributed by atoms with Crippen molar-refractivity contribution >= 4 is 17.7 Å². The number of hydrogen-bond acceptors (Lipinski definition) is 3. The summed E-state index contributed by atoms with van der Waals surface area (Å²) < 4.78 is 4.68. The molecule has 3 heteroatoms. The van der Waals surface area contributed by atoms with Gasteiger partial charge in [-0.25, -0.2) is 4.79 Å². The maximum atomic E-state index is 11.3. The topological polar surface area (TPSA) is 29.5 Å². The maximum absolute atomic E-state index is 11.3. The fraction of sp³-hybridized carbons (Fsp3) is 0.250. The standard InChI is InChI=1S/C20H21NO2/c1-15-13-18-17(11-12-20(22)23-2)9-6-10-19(18)21(15)14-16-7-4-3-5-8-16/h3-12,15H,13-14H2,1-2H3/b12-11+. The van der Waals surface area contributed by atoms with Crippen molar-refractivity contribution in [3.8, 4) is 0 Å². The highest BCUT2D eigenvalue weighted by Crippen LogP contribution is 2.36. The highest BCUT2D eigenvalue weighted by molar-refractivity contribution is 5.87. The zero-order chi connectivity index (χ0) is 16.2. The summed E-state index contributed by atoms with van der Waals surface area (Å²) in [6, 6.07) is 17.2. The molecule has 2 aromatic rings. The van der Waals surface area contributed by atoms with E-state index in [4.69, 9.17) is 0 Å². The lowest BCUT2D eigenvalue weighted by Gasteiger charge is -2.25. The van der Waals surface area contributed by atoms with Crippen molar-refractivity contribution in [2.75, 3.05) is 12.0 Å². The van der Waals surface area contributed by atoms with Crippen LogP contribution in [0, 0.1) is 0 Å². The highest BCUT2D eigenvalue weighted by atomic mass is 16.5. The summed E-state index contributed by atoms with van der Waals surface area (Å²) in [6.07, 6.45) is 4.33. The molecule has 118 valence electrons. The third kappa shape index (κ3) is 3.29. The van der Waals surface area contributed by atoms with Gasteiger partial charge in [-0.15, -0.1) is 0 Å². The van der Waals surface area contributed by atoms with Crippen molar-refractivity contribution in [1.82, 2.24) is 0 Å². The Morgan fingerprint density at radius 2 is 2.00 bits per heavy atom. The van der Waals surface area contributed by atoms with Gasteiger partial charge in [-0.2, -0.15) is 0 Å². The van der Waals surface area contributed by atoms with E-state index in [1.165, 1.54) is 30.0 Å². The Balaban J connectivity index is 1.89. The van der Waals surface area contributed by atoms with Crippen molar-refractivity contribution in [3.05, 3.63) is 71.3 Å². The summed E-state index contributed by atoms with van der Waals surface area (Å²) in [6.45, 7) is 3.15. The number of methoxy groups -OCH3 is 1. The zero-order valence-electron chi connectivity index (χ0n) is 13.5. The minimum atomic E-state index is -0.324. The van der Waals surface area contributed by atoms with Crippen LogP contribution in [0.4, 0.5) is 5.69 Å². The van der Waals surface area contributed by atoms with E-state index in [-0.39, 0.29) is 5.97 Å². The molecule has 2 aromatic carbocycles. The predicted octanol–water partition coefficient (Wildman–Crippen LogP) is 3.82. The number of rotatable bonds is 4. The molecule has 1 unspecified atom stereocenters. The predicted molar refractivity (Wildman–Crippen MR) is 93.3 cm³/mol. The Hall–Kier alpha value is -2.55. The van der Waals surface area contributed by atoms with E-state index >= 15 is 0 Å². The van der Waals surface area contributed by atoms with Crippen LogP contribution in [-0.4, -0.2) is 19.1 Å². The van der Waals surface area contributed by atoms with E-state index in [0.29, 0.717) is 6.04 Å². The van der Waals surface area contributed by atoms with Gasteiger partial charge in [0, 0.05) is 24.4 Å². The fourth-order valence-corrected chi connectivity index (χ4v) is 3.13. The molecule has 0 saturated heterocycles. The van der Waals surface area contributed by atoms with Gasteiger partial charge in [0.1, 0.15) is 0 Å². The van der Waals surface area contributed by atoms with Crippen LogP contribution in [-0.2, 0) is 22.5 Å². The lowest BCUT2D eigenvalue weighted by Crippen LogP contribution is -2.28. The summed E-state index contributed by atoms with van der Waals surface area (Å²) in [4.78, 5) is 13.8. The molecule has 0 aliphatic carbocycles. The van der Waals surface area contributed by atoms with E-state index < -0.39 is 0 Å². The third-order valence-electron chi connectivity index (χ3n) is 4.32. The van der Waals surface area contributed by atoms with Gasteiger partial charge in [0.05, 0.1) is 7.11 Å². The molecule has 23 heavy (non-hydrogen) atoms. The third-order valence-corrected chi connectivity index (χ3v) is 4.32. The van der Waals surface area contributed by atoms with Gasteiger partial charge < -0.3 is 9.64 Å². The molecule has 0 fully saturated rings. The smallest absolute Gasteiger partial charge is 0.330 e. The number of nitrogens with zero attached hydrogens (tertiary/aromatic N) is 1. The SMILES string of the molecule is COC(=O)/C=C/c1cccc2c1CC(C)N2Cc1ccccc1. The lowest BCUT2D eigenvalue weighted by molar-refractivity contribution is -0.134. The molecule has 3 nitrogen and oxygen atoms in total. The normalized spacial score (nSPS) is 16.6. The van der Waals surface area contributed by atoms with Gasteiger partial charge in [0.2, 0.25) is 0 Å². The summed E-state index contributed by atoms with van der Waals surface area (Å²) in [5.41, 5.74) is 4.96. The first-order valence-corrected chi connectivity index (χ1v) is 7.87. The molecular weight excluding hydrogens is 286 g/mol. The van der Waals surface area contributed by atoms with Gasteiger partial charge >= 0.3 is 5.97 Å². The molecule has 0 spiro atoms. The second-order valence-electron chi connectivity index (χ2n) is 5.87. The minimum absolute atomic E-state index is 0.324. The molecule has 0 N–H and O–H groups in total. The highest BCUT2D eigenvalue weighted by Gasteiger charge is 2.27. The number of esters is 1. The molecule has 0 bridgehead atoms. The van der Waals surface area contributed by atoms with Crippen molar-refractivity contribution in [2.24, 2.45) is 0 Å². The molecular formula is C20H21NO2. The Labute approximate surface area is 137 Å². The van der Waals surface area contributed by atoms with Crippen molar-refractivity contribution in [2.45, 2.75) is 25.9 Å². The van der Waals surface area contributed by atoms with Gasteiger partial charge in [-0.05, 0) is 42.2 Å². The second-order valence-corrected chi connectivity index (χ2v) is 5.87. The Kier molecular flexibility index (Phi) is 4.47. The molecule has 0 amide bonds. The number of anilines is 1. The molecule has 1 aliphatic heterocycles. The Morgan fingerprint density at radius 1 is 1.22 bits per heavy atom. The summed E-state index contributed by atoms with van der Waals surface area (Å²) in [5, 5.41) is 0. The zero-order valence-corrected chi connectivity index (χ0v) is 13.5. The van der Waals surface area contributed by atoms with Crippen LogP contribution in [0.5, 0.6) is 0 Å². The van der Waals surface area contributed by atoms with Gasteiger partial charge in [-0.3, -0.25) is 0 Å². The van der Waals surface area contributed by atoms with Crippen LogP contribution in [0.2, 0.25) is 0 Å². The summed E-state index contributed by atoms with van der Waals surface area (Å²) >= 11 is 0. The van der Waals surface area contributed by atoms with E-state index in [0.717, 1.165) is 18.5 Å². The van der Waals surface area contributed by atoms with E-state index in [1.807, 2.05) is 18.2 Å². The van der Waals surface area contributed by atoms with E-state index in [9.17, 15) is 4.79 Å². The molecule has 1 atom stereocenters. The quantitative estimate of drug-likeness (QED) is 0.635. The first-order valence-electron chi connectivity index (χ1n) is 7.87. The Bertz CT molecular complexity index is 722. The van der Waals surface area contributed by atoms with E-state index in [2.05, 4.69) is 53.0 Å². The van der Waals surface area contributed by atoms with Gasteiger partial charge in [-0.1, -0.05) is 42.5 Å². The molecule has 1 heterocycles. The Morgan fingerprint density at radius 3 is 2.74 bits per heavy atom. The van der Waals surface area contributed by atoms with Crippen LogP contribution >= 0.6 is 0 Å². The monoisotopic (exact) mass is 307 g/mol. The number of benzene rings is 2. The van der Waals surface area contributed by atoms with Crippen LogP contribution in [0.3, 0.4) is 0 Å². The molecule has 1 aliphatic rings. The van der Waals surface area contributed by atoms with Crippen LogP contribution in [0.15, 0.2) is 54.6 Å².